The van der Waals surface area contributed by atoms with Gasteiger partial charge in [0.15, 0.2) is 17.5 Å². The lowest BCUT2D eigenvalue weighted by molar-refractivity contribution is 1.02. The van der Waals surface area contributed by atoms with Gasteiger partial charge in [-0.25, -0.2) is 29.9 Å². The molecule has 0 fully saturated rings. The number of hydrogen-bond acceptors (Lipinski definition) is 8. The van der Waals surface area contributed by atoms with Gasteiger partial charge >= 0.3 is 0 Å². The summed E-state index contributed by atoms with van der Waals surface area (Å²) in [6, 6.07) is 48.1. The Kier molecular flexibility index (Phi) is 7.18. The maximum Gasteiger partial charge on any atom is 0.165 e. The van der Waals surface area contributed by atoms with E-state index < -0.39 is 0 Å². The molecule has 0 N–H and O–H groups in total. The first-order valence-corrected chi connectivity index (χ1v) is 17.3. The van der Waals surface area contributed by atoms with Crippen LogP contribution in [0.5, 0.6) is 0 Å². The first-order chi connectivity index (χ1) is 26.1. The van der Waals surface area contributed by atoms with Gasteiger partial charge in [0.05, 0.1) is 11.0 Å². The zero-order valence-corrected chi connectivity index (χ0v) is 28.5. The van der Waals surface area contributed by atoms with Crippen LogP contribution in [0.2, 0.25) is 0 Å². The number of aryl methyl sites for hydroxylation is 1. The largest absolute Gasteiger partial charge is 0.241 e. The molecule has 0 radical (unpaired) electrons. The Bertz CT molecular complexity index is 2960. The molecule has 0 saturated heterocycles. The van der Waals surface area contributed by atoms with Crippen molar-refractivity contribution in [3.05, 3.63) is 158 Å². The molecule has 53 heavy (non-hydrogen) atoms. The van der Waals surface area contributed by atoms with E-state index in [2.05, 4.69) is 140 Å². The Morgan fingerprint density at radius 3 is 1.57 bits per heavy atom. The van der Waals surface area contributed by atoms with E-state index in [9.17, 15) is 0 Å². The van der Waals surface area contributed by atoms with Crippen molar-refractivity contribution in [2.24, 2.45) is 0 Å². The molecular formula is C45H28N8. The Hall–Kier alpha value is -7.32. The van der Waals surface area contributed by atoms with E-state index in [0.29, 0.717) is 17.5 Å². The third-order valence-electron chi connectivity index (χ3n) is 9.81. The summed E-state index contributed by atoms with van der Waals surface area (Å²) in [6.45, 7) is 2.01. The molecule has 10 rings (SSSR count). The molecule has 10 aromatic rings. The SMILES string of the molecule is Cc1ncnc2ccc(-c3ccc(-c4nc(-c5ccc(-c6ccc7ncnnc7c6)cc5)nc(-c5c6ccccc6cc6ccccc56)n4)cc3)cc12. The molecule has 3 heterocycles. The van der Waals surface area contributed by atoms with Gasteiger partial charge < -0.3 is 0 Å². The molecule has 0 bridgehead atoms. The molecule has 0 amide bonds. The predicted molar refractivity (Wildman–Crippen MR) is 211 cm³/mol. The lowest BCUT2D eigenvalue weighted by Crippen LogP contribution is -2.01. The fourth-order valence-electron chi connectivity index (χ4n) is 7.06. The van der Waals surface area contributed by atoms with Crippen molar-refractivity contribution in [3.8, 4) is 56.4 Å². The van der Waals surface area contributed by atoms with Crippen molar-refractivity contribution in [2.75, 3.05) is 0 Å². The summed E-state index contributed by atoms with van der Waals surface area (Å²) in [5.74, 6) is 1.81. The Labute approximate surface area is 304 Å². The van der Waals surface area contributed by atoms with Crippen molar-refractivity contribution in [1.82, 2.24) is 40.1 Å². The van der Waals surface area contributed by atoms with Crippen LogP contribution in [0.4, 0.5) is 0 Å². The van der Waals surface area contributed by atoms with Gasteiger partial charge in [-0.3, -0.25) is 0 Å². The topological polar surface area (TPSA) is 103 Å². The quantitative estimate of drug-likeness (QED) is 0.166. The predicted octanol–water partition coefficient (Wildman–Crippen LogP) is 10.1. The van der Waals surface area contributed by atoms with Gasteiger partial charge in [-0.2, -0.15) is 0 Å². The highest BCUT2D eigenvalue weighted by atomic mass is 15.1. The molecule has 7 aromatic carbocycles. The first-order valence-electron chi connectivity index (χ1n) is 17.3. The van der Waals surface area contributed by atoms with Crippen molar-refractivity contribution < 1.29 is 0 Å². The highest BCUT2D eigenvalue weighted by Crippen LogP contribution is 2.37. The van der Waals surface area contributed by atoms with Crippen molar-refractivity contribution in [2.45, 2.75) is 6.92 Å². The van der Waals surface area contributed by atoms with E-state index >= 15 is 0 Å². The second-order valence-electron chi connectivity index (χ2n) is 13.0. The highest BCUT2D eigenvalue weighted by molar-refractivity contribution is 6.11. The van der Waals surface area contributed by atoms with Crippen LogP contribution in [-0.4, -0.2) is 40.1 Å². The van der Waals surface area contributed by atoms with Gasteiger partial charge in [0.25, 0.3) is 0 Å². The van der Waals surface area contributed by atoms with Crippen LogP contribution in [0.3, 0.4) is 0 Å². The minimum atomic E-state index is 0.594. The van der Waals surface area contributed by atoms with Crippen LogP contribution in [0, 0.1) is 6.92 Å². The van der Waals surface area contributed by atoms with E-state index in [1.54, 1.807) is 6.33 Å². The molecular weight excluding hydrogens is 653 g/mol. The molecule has 0 aliphatic carbocycles. The normalized spacial score (nSPS) is 11.5. The molecule has 3 aromatic heterocycles. The minimum Gasteiger partial charge on any atom is -0.241 e. The van der Waals surface area contributed by atoms with Crippen LogP contribution in [0.1, 0.15) is 5.69 Å². The van der Waals surface area contributed by atoms with Crippen LogP contribution in [-0.2, 0) is 0 Å². The van der Waals surface area contributed by atoms with Gasteiger partial charge in [-0.05, 0) is 81.1 Å². The monoisotopic (exact) mass is 680 g/mol. The second-order valence-corrected chi connectivity index (χ2v) is 13.0. The molecule has 0 unspecified atom stereocenters. The van der Waals surface area contributed by atoms with E-state index in [1.165, 1.54) is 6.33 Å². The Balaban J connectivity index is 1.11. The van der Waals surface area contributed by atoms with Crippen molar-refractivity contribution in [1.29, 1.82) is 0 Å². The van der Waals surface area contributed by atoms with Gasteiger partial charge in [0.1, 0.15) is 18.2 Å². The number of aromatic nitrogens is 8. The average Bonchev–Trinajstić information content (AvgIpc) is 3.22. The maximum absolute atomic E-state index is 5.19. The Morgan fingerprint density at radius 2 is 0.906 bits per heavy atom. The smallest absolute Gasteiger partial charge is 0.165 e. The lowest BCUT2D eigenvalue weighted by Gasteiger charge is -2.13. The summed E-state index contributed by atoms with van der Waals surface area (Å²) in [5.41, 5.74) is 10.5. The van der Waals surface area contributed by atoms with Crippen LogP contribution in [0.25, 0.3) is 99.9 Å². The van der Waals surface area contributed by atoms with E-state index in [-0.39, 0.29) is 0 Å². The molecule has 8 heteroatoms. The lowest BCUT2D eigenvalue weighted by atomic mass is 9.96. The minimum absolute atomic E-state index is 0.594. The Morgan fingerprint density at radius 1 is 0.377 bits per heavy atom. The van der Waals surface area contributed by atoms with E-state index in [4.69, 9.17) is 15.0 Å². The average molecular weight is 681 g/mol. The van der Waals surface area contributed by atoms with Crippen molar-refractivity contribution >= 4 is 43.5 Å². The zero-order valence-electron chi connectivity index (χ0n) is 28.5. The maximum atomic E-state index is 5.19. The van der Waals surface area contributed by atoms with E-state index in [1.807, 2.05) is 31.2 Å². The summed E-state index contributed by atoms with van der Waals surface area (Å²) in [6.07, 6.45) is 3.07. The number of fused-ring (bicyclic) bond motifs is 4. The highest BCUT2D eigenvalue weighted by Gasteiger charge is 2.18. The van der Waals surface area contributed by atoms with E-state index in [0.717, 1.165) is 88.1 Å². The standard InChI is InChI=1S/C45H28N8/c1-27-38-23-32(18-20-39(38)47-25-46-27)28-10-14-30(15-11-28)43-50-44(31-16-12-29(13-17-31)33-19-21-40-41(24-33)53-49-26-48-40)52-45(51-43)42-36-8-4-2-6-34(36)22-35-7-3-5-9-37(35)42/h2-26H,1H3. The summed E-state index contributed by atoms with van der Waals surface area (Å²) < 4.78 is 0. The summed E-state index contributed by atoms with van der Waals surface area (Å²) in [5, 5.41) is 13.7. The first kappa shape index (κ1) is 30.5. The van der Waals surface area contributed by atoms with Gasteiger partial charge in [-0.1, -0.05) is 109 Å². The molecule has 0 spiro atoms. The fourth-order valence-corrected chi connectivity index (χ4v) is 7.06. The number of hydrogen-bond donors (Lipinski definition) is 0. The third kappa shape index (κ3) is 5.50. The number of benzene rings is 7. The second kappa shape index (κ2) is 12.5. The summed E-state index contributed by atoms with van der Waals surface area (Å²) >= 11 is 0. The molecule has 0 atom stereocenters. The molecule has 0 saturated carbocycles. The summed E-state index contributed by atoms with van der Waals surface area (Å²) in [7, 11) is 0. The van der Waals surface area contributed by atoms with Gasteiger partial charge in [0.2, 0.25) is 0 Å². The van der Waals surface area contributed by atoms with Gasteiger partial charge in [-0.15, -0.1) is 10.2 Å². The van der Waals surface area contributed by atoms with Crippen molar-refractivity contribution in [3.63, 3.8) is 0 Å². The molecule has 0 aliphatic rings. The van der Waals surface area contributed by atoms with Crippen LogP contribution >= 0.6 is 0 Å². The molecule has 0 aliphatic heterocycles. The van der Waals surface area contributed by atoms with Crippen LogP contribution in [0.15, 0.2) is 152 Å². The number of nitrogens with zero attached hydrogens (tertiary/aromatic N) is 8. The van der Waals surface area contributed by atoms with Crippen LogP contribution < -0.4 is 0 Å². The number of rotatable bonds is 5. The molecule has 248 valence electrons. The summed E-state index contributed by atoms with van der Waals surface area (Å²) in [4.78, 5) is 28.6. The third-order valence-corrected chi connectivity index (χ3v) is 9.81. The van der Waals surface area contributed by atoms with Gasteiger partial charge in [0, 0.05) is 27.8 Å². The zero-order chi connectivity index (χ0) is 35.3. The molecule has 8 nitrogen and oxygen atoms in total. The fraction of sp³-hybridized carbons (Fsp3) is 0.0222.